The van der Waals surface area contributed by atoms with Crippen molar-refractivity contribution in [2.24, 2.45) is 5.92 Å². The first-order chi connectivity index (χ1) is 16.9. The molecule has 3 aromatic rings. The molecule has 3 nitrogen and oxygen atoms in total. The van der Waals surface area contributed by atoms with E-state index >= 15 is 0 Å². The number of carbonyl (C=O) groups excluding carboxylic acids is 2. The molecule has 1 aliphatic carbocycles. The average molecular weight is 563 g/mol. The summed E-state index contributed by atoms with van der Waals surface area (Å²) in [5.41, 5.74) is -0.571. The van der Waals surface area contributed by atoms with Gasteiger partial charge in [0.25, 0.3) is 6.43 Å². The van der Waals surface area contributed by atoms with Crippen LogP contribution >= 0.6 is 34.8 Å². The van der Waals surface area contributed by atoms with Crippen molar-refractivity contribution in [2.45, 2.75) is 23.1 Å². The zero-order valence-corrected chi connectivity index (χ0v) is 20.2. The highest BCUT2D eigenvalue weighted by atomic mass is 35.5. The smallest absolute Gasteiger partial charge is 0.266 e. The topological polar surface area (TPSA) is 46.2 Å². The Labute approximate surface area is 217 Å². The van der Waals surface area contributed by atoms with Gasteiger partial charge in [0, 0.05) is 29.7 Å². The molecule has 3 aromatic carbocycles. The van der Waals surface area contributed by atoms with E-state index in [0.29, 0.717) is 6.07 Å². The SMILES string of the molecule is O=C(Cc1ccc(F)cc1F)c1cc(NC(=O)C2C(c3ccc(F)c(C(F)F)c3)C2(Cl)Cl)ccc1Cl. The van der Waals surface area contributed by atoms with E-state index in [-0.39, 0.29) is 27.4 Å². The Morgan fingerprint density at radius 2 is 1.67 bits per heavy atom. The summed E-state index contributed by atoms with van der Waals surface area (Å²) in [5, 5.41) is 2.59. The second-order valence-electron chi connectivity index (χ2n) is 8.23. The summed E-state index contributed by atoms with van der Waals surface area (Å²) in [6.45, 7) is 0. The average Bonchev–Trinajstić information content (AvgIpc) is 3.39. The first kappa shape index (κ1) is 26.4. The third-order valence-corrected chi connectivity index (χ3v) is 7.12. The van der Waals surface area contributed by atoms with Crippen molar-refractivity contribution in [3.8, 4) is 0 Å². The van der Waals surface area contributed by atoms with Gasteiger partial charge in [0.1, 0.15) is 21.8 Å². The Morgan fingerprint density at radius 3 is 2.33 bits per heavy atom. The molecule has 1 saturated carbocycles. The zero-order chi connectivity index (χ0) is 26.4. The Bertz CT molecular complexity index is 1370. The molecule has 2 atom stereocenters. The molecule has 0 spiro atoms. The van der Waals surface area contributed by atoms with E-state index in [9.17, 15) is 31.5 Å². The molecule has 0 aliphatic heterocycles. The minimum absolute atomic E-state index is 0.0198. The number of rotatable bonds is 7. The lowest BCUT2D eigenvalue weighted by Gasteiger charge is -2.10. The number of hydrogen-bond acceptors (Lipinski definition) is 2. The van der Waals surface area contributed by atoms with Crippen molar-refractivity contribution in [1.82, 2.24) is 0 Å². The molecule has 1 fully saturated rings. The predicted octanol–water partition coefficient (Wildman–Crippen LogP) is 7.65. The molecule has 1 amide bonds. The van der Waals surface area contributed by atoms with E-state index in [1.54, 1.807) is 0 Å². The van der Waals surface area contributed by atoms with Gasteiger partial charge in [-0.25, -0.2) is 22.0 Å². The van der Waals surface area contributed by atoms with Crippen LogP contribution < -0.4 is 5.32 Å². The number of halogens is 8. The van der Waals surface area contributed by atoms with Gasteiger partial charge < -0.3 is 5.32 Å². The summed E-state index contributed by atoms with van der Waals surface area (Å²) in [4.78, 5) is 25.6. The molecular formula is C25H15Cl3F5NO2. The van der Waals surface area contributed by atoms with Crippen LogP contribution in [0.2, 0.25) is 5.02 Å². The fourth-order valence-corrected chi connectivity index (χ4v) is 5.01. The van der Waals surface area contributed by atoms with Crippen molar-refractivity contribution in [3.63, 3.8) is 0 Å². The third-order valence-electron chi connectivity index (χ3n) is 5.85. The summed E-state index contributed by atoms with van der Waals surface area (Å²) in [6, 6.07) is 9.85. The maximum atomic E-state index is 13.9. The van der Waals surface area contributed by atoms with Crippen LogP contribution in [-0.2, 0) is 11.2 Å². The Kier molecular flexibility index (Phi) is 7.33. The summed E-state index contributed by atoms with van der Waals surface area (Å²) in [6.07, 6.45) is -3.47. The molecule has 11 heteroatoms. The monoisotopic (exact) mass is 561 g/mol. The highest BCUT2D eigenvalue weighted by molar-refractivity contribution is 6.53. The van der Waals surface area contributed by atoms with Crippen LogP contribution in [0.1, 0.15) is 39.4 Å². The van der Waals surface area contributed by atoms with Crippen molar-refractivity contribution >= 4 is 52.2 Å². The van der Waals surface area contributed by atoms with Crippen molar-refractivity contribution < 1.29 is 31.5 Å². The fraction of sp³-hybridized carbons (Fsp3) is 0.200. The number of anilines is 1. The van der Waals surface area contributed by atoms with E-state index in [4.69, 9.17) is 34.8 Å². The number of nitrogens with one attached hydrogen (secondary N) is 1. The minimum atomic E-state index is -3.07. The highest BCUT2D eigenvalue weighted by Gasteiger charge is 2.67. The Morgan fingerprint density at radius 1 is 0.944 bits per heavy atom. The van der Waals surface area contributed by atoms with Crippen LogP contribution in [-0.4, -0.2) is 16.0 Å². The Balaban J connectivity index is 1.52. The molecule has 0 saturated heterocycles. The lowest BCUT2D eigenvalue weighted by molar-refractivity contribution is -0.117. The molecular weight excluding hydrogens is 548 g/mol. The summed E-state index contributed by atoms with van der Waals surface area (Å²) >= 11 is 18.6. The number of ketones is 1. The number of hydrogen-bond donors (Lipinski definition) is 1. The molecule has 4 rings (SSSR count). The summed E-state index contributed by atoms with van der Waals surface area (Å²) < 4.78 is 65.2. The third kappa shape index (κ3) is 5.21. The van der Waals surface area contributed by atoms with Gasteiger partial charge >= 0.3 is 0 Å². The van der Waals surface area contributed by atoms with Crippen LogP contribution in [0.25, 0.3) is 0 Å². The van der Waals surface area contributed by atoms with Gasteiger partial charge in [0.2, 0.25) is 5.91 Å². The summed E-state index contributed by atoms with van der Waals surface area (Å²) in [5.74, 6) is -5.96. The van der Waals surface area contributed by atoms with Crippen molar-refractivity contribution in [2.75, 3.05) is 5.32 Å². The number of amides is 1. The van der Waals surface area contributed by atoms with Crippen LogP contribution in [0.3, 0.4) is 0 Å². The second-order valence-corrected chi connectivity index (χ2v) is 10.1. The number of alkyl halides is 4. The van der Waals surface area contributed by atoms with Gasteiger partial charge in [0.05, 0.1) is 16.5 Å². The predicted molar refractivity (Wildman–Crippen MR) is 126 cm³/mol. The van der Waals surface area contributed by atoms with Gasteiger partial charge in [-0.05, 0) is 47.5 Å². The maximum absolute atomic E-state index is 13.9. The van der Waals surface area contributed by atoms with E-state index in [1.807, 2.05) is 0 Å². The molecule has 36 heavy (non-hydrogen) atoms. The molecule has 0 heterocycles. The van der Waals surface area contributed by atoms with Gasteiger partial charge in [-0.15, -0.1) is 23.2 Å². The number of carbonyl (C=O) groups is 2. The number of Topliss-reactive ketones (excluding diaryl/α,β-unsaturated/α-hetero) is 1. The standard InChI is InChI=1S/C25H15Cl3F5NO2/c26-17-5-4-14(10-15(17)20(35)8-11-1-3-13(29)9-19(11)31)34-24(36)22-21(25(22,27)28)12-2-6-18(30)16(7-12)23(32)33/h1-7,9-10,21-23H,8H2,(H,34,36). The lowest BCUT2D eigenvalue weighted by atomic mass is 10.0. The van der Waals surface area contributed by atoms with Crippen molar-refractivity contribution in [3.05, 3.63) is 99.3 Å². The number of benzene rings is 3. The molecule has 0 bridgehead atoms. The van der Waals surface area contributed by atoms with Crippen molar-refractivity contribution in [1.29, 1.82) is 0 Å². The second kappa shape index (κ2) is 10.00. The van der Waals surface area contributed by atoms with Crippen LogP contribution in [0.4, 0.5) is 27.6 Å². The lowest BCUT2D eigenvalue weighted by Crippen LogP contribution is -2.17. The maximum Gasteiger partial charge on any atom is 0.266 e. The van der Waals surface area contributed by atoms with Crippen LogP contribution in [0.15, 0.2) is 54.6 Å². The normalized spacial score (nSPS) is 18.2. The fourth-order valence-electron chi connectivity index (χ4n) is 3.96. The van der Waals surface area contributed by atoms with Crippen LogP contribution in [0.5, 0.6) is 0 Å². The van der Waals surface area contributed by atoms with E-state index in [0.717, 1.165) is 24.3 Å². The molecule has 1 N–H and O–H groups in total. The first-order valence-corrected chi connectivity index (χ1v) is 11.6. The Hall–Kier alpha value is -2.68. The molecule has 1 aliphatic rings. The summed E-state index contributed by atoms with van der Waals surface area (Å²) in [7, 11) is 0. The molecule has 0 aromatic heterocycles. The van der Waals surface area contributed by atoms with E-state index in [2.05, 4.69) is 5.32 Å². The molecule has 2 unspecified atom stereocenters. The largest absolute Gasteiger partial charge is 0.326 e. The van der Waals surface area contributed by atoms with Gasteiger partial charge in [-0.1, -0.05) is 23.7 Å². The van der Waals surface area contributed by atoms with Crippen LogP contribution in [0, 0.1) is 23.4 Å². The van der Waals surface area contributed by atoms with Gasteiger partial charge in [-0.2, -0.15) is 0 Å². The first-order valence-electron chi connectivity index (χ1n) is 10.4. The quantitative estimate of drug-likeness (QED) is 0.183. The molecule has 0 radical (unpaired) electrons. The minimum Gasteiger partial charge on any atom is -0.326 e. The van der Waals surface area contributed by atoms with E-state index < -0.39 is 63.7 Å². The molecule has 188 valence electrons. The zero-order valence-electron chi connectivity index (χ0n) is 18.0. The van der Waals surface area contributed by atoms with Gasteiger partial charge in [0.15, 0.2) is 5.78 Å². The highest BCUT2D eigenvalue weighted by Crippen LogP contribution is 2.65. The van der Waals surface area contributed by atoms with Gasteiger partial charge in [-0.3, -0.25) is 9.59 Å². The van der Waals surface area contributed by atoms with E-state index in [1.165, 1.54) is 24.3 Å².